The van der Waals surface area contributed by atoms with Crippen LogP contribution in [-0.2, 0) is 0 Å². The first-order valence-corrected chi connectivity index (χ1v) is 7.01. The zero-order valence-corrected chi connectivity index (χ0v) is 12.5. The first-order valence-electron chi connectivity index (χ1n) is 6.22. The number of halogens is 1. The van der Waals surface area contributed by atoms with E-state index in [1.165, 1.54) is 0 Å². The number of anilines is 1. The summed E-state index contributed by atoms with van der Waals surface area (Å²) < 4.78 is 6.97. The minimum absolute atomic E-state index is 0.594. The van der Waals surface area contributed by atoms with Gasteiger partial charge in [-0.2, -0.15) is 0 Å². The number of nitrogens with zero attached hydrogens (tertiary/aromatic N) is 1. The van der Waals surface area contributed by atoms with Crippen molar-refractivity contribution in [2.24, 2.45) is 0 Å². The summed E-state index contributed by atoms with van der Waals surface area (Å²) in [7, 11) is 0. The predicted molar refractivity (Wildman–Crippen MR) is 85.1 cm³/mol. The van der Waals surface area contributed by atoms with Gasteiger partial charge in [0.2, 0.25) is 5.88 Å². The second kappa shape index (κ2) is 5.13. The first kappa shape index (κ1) is 12.9. The van der Waals surface area contributed by atoms with Gasteiger partial charge in [-0.1, -0.05) is 22.0 Å². The fourth-order valence-electron chi connectivity index (χ4n) is 2.11. The van der Waals surface area contributed by atoms with Crippen LogP contribution in [0.5, 0.6) is 11.6 Å². The number of nitrogens with two attached hydrogens (primary N) is 1. The van der Waals surface area contributed by atoms with Gasteiger partial charge >= 0.3 is 0 Å². The van der Waals surface area contributed by atoms with Crippen molar-refractivity contribution in [3.05, 3.63) is 58.7 Å². The minimum Gasteiger partial charge on any atom is -0.438 e. The highest BCUT2D eigenvalue weighted by Gasteiger charge is 2.08. The zero-order chi connectivity index (χ0) is 14.1. The molecule has 0 bridgehead atoms. The van der Waals surface area contributed by atoms with Crippen LogP contribution in [0.3, 0.4) is 0 Å². The Balaban J connectivity index is 2.09. The molecule has 0 amide bonds. The van der Waals surface area contributed by atoms with Crippen LogP contribution in [0.25, 0.3) is 10.8 Å². The quantitative estimate of drug-likeness (QED) is 0.695. The number of aromatic nitrogens is 1. The molecule has 0 saturated carbocycles. The van der Waals surface area contributed by atoms with Gasteiger partial charge in [0, 0.05) is 27.1 Å². The molecule has 0 fully saturated rings. The number of aryl methyl sites for hydroxylation is 1. The molecular weight excluding hydrogens is 316 g/mol. The number of fused-ring (bicyclic) bond motifs is 1. The lowest BCUT2D eigenvalue weighted by Gasteiger charge is -2.11. The molecule has 20 heavy (non-hydrogen) atoms. The molecule has 0 aliphatic heterocycles. The van der Waals surface area contributed by atoms with Crippen molar-refractivity contribution in [2.45, 2.75) is 6.92 Å². The molecular formula is C16H13BrN2O. The third-order valence-electron chi connectivity index (χ3n) is 3.12. The summed E-state index contributed by atoms with van der Waals surface area (Å²) >= 11 is 3.54. The first-order chi connectivity index (χ1) is 9.65. The van der Waals surface area contributed by atoms with Crippen LogP contribution in [0, 0.1) is 6.92 Å². The van der Waals surface area contributed by atoms with Crippen LogP contribution in [0.1, 0.15) is 5.56 Å². The molecule has 3 nitrogen and oxygen atoms in total. The van der Waals surface area contributed by atoms with Gasteiger partial charge in [0.25, 0.3) is 0 Å². The molecule has 0 unspecified atom stereocenters. The molecule has 1 aromatic heterocycles. The van der Waals surface area contributed by atoms with Gasteiger partial charge in [0.15, 0.2) is 0 Å². The zero-order valence-electron chi connectivity index (χ0n) is 10.9. The summed E-state index contributed by atoms with van der Waals surface area (Å²) in [6.07, 6.45) is 1.75. The minimum atomic E-state index is 0.594. The Morgan fingerprint density at radius 1 is 1.10 bits per heavy atom. The Hall–Kier alpha value is -2.07. The summed E-state index contributed by atoms with van der Waals surface area (Å²) in [5.74, 6) is 1.36. The topological polar surface area (TPSA) is 48.1 Å². The monoisotopic (exact) mass is 328 g/mol. The van der Waals surface area contributed by atoms with Crippen molar-refractivity contribution in [1.82, 2.24) is 4.98 Å². The van der Waals surface area contributed by atoms with E-state index >= 15 is 0 Å². The van der Waals surface area contributed by atoms with Crippen molar-refractivity contribution in [1.29, 1.82) is 0 Å². The summed E-state index contributed by atoms with van der Waals surface area (Å²) in [5.41, 5.74) is 7.46. The van der Waals surface area contributed by atoms with Gasteiger partial charge in [-0.3, -0.25) is 0 Å². The van der Waals surface area contributed by atoms with E-state index in [4.69, 9.17) is 10.5 Å². The van der Waals surface area contributed by atoms with Crippen LogP contribution < -0.4 is 10.5 Å². The third-order valence-corrected chi connectivity index (χ3v) is 3.81. The van der Waals surface area contributed by atoms with E-state index in [1.54, 1.807) is 6.20 Å². The Bertz CT molecular complexity index is 787. The Kier molecular flexibility index (Phi) is 3.32. The lowest BCUT2D eigenvalue weighted by atomic mass is 10.1. The highest BCUT2D eigenvalue weighted by Crippen LogP contribution is 2.33. The fourth-order valence-corrected chi connectivity index (χ4v) is 2.61. The van der Waals surface area contributed by atoms with Crippen LogP contribution in [0.2, 0.25) is 0 Å². The average molecular weight is 329 g/mol. The molecule has 0 saturated heterocycles. The standard InChI is InChI=1S/C16H13BrN2O/c1-10-9-11(18)5-6-15(10)20-16-13-3-2-4-14(17)12(13)7-8-19-16/h2-9H,18H2,1H3. The number of hydrogen-bond acceptors (Lipinski definition) is 3. The van der Waals surface area contributed by atoms with E-state index in [2.05, 4.69) is 20.9 Å². The predicted octanol–water partition coefficient (Wildman–Crippen LogP) is 4.68. The summed E-state index contributed by atoms with van der Waals surface area (Å²) in [6, 6.07) is 13.5. The molecule has 0 atom stereocenters. The van der Waals surface area contributed by atoms with Gasteiger partial charge < -0.3 is 10.5 Å². The largest absolute Gasteiger partial charge is 0.438 e. The molecule has 2 aromatic carbocycles. The summed E-state index contributed by atoms with van der Waals surface area (Å²) in [6.45, 7) is 1.97. The molecule has 0 spiro atoms. The number of benzene rings is 2. The SMILES string of the molecule is Cc1cc(N)ccc1Oc1nccc2c(Br)cccc12. The maximum atomic E-state index is 5.94. The van der Waals surface area contributed by atoms with E-state index < -0.39 is 0 Å². The average Bonchev–Trinajstić information content (AvgIpc) is 2.43. The highest BCUT2D eigenvalue weighted by atomic mass is 79.9. The van der Waals surface area contributed by atoms with E-state index in [-0.39, 0.29) is 0 Å². The summed E-state index contributed by atoms with van der Waals surface area (Å²) in [4.78, 5) is 4.33. The molecule has 4 heteroatoms. The fraction of sp³-hybridized carbons (Fsp3) is 0.0625. The molecule has 100 valence electrons. The van der Waals surface area contributed by atoms with E-state index in [0.29, 0.717) is 5.88 Å². The number of hydrogen-bond donors (Lipinski definition) is 1. The lowest BCUT2D eigenvalue weighted by molar-refractivity contribution is 0.466. The second-order valence-electron chi connectivity index (χ2n) is 4.58. The normalized spacial score (nSPS) is 10.7. The number of pyridine rings is 1. The second-order valence-corrected chi connectivity index (χ2v) is 5.43. The van der Waals surface area contributed by atoms with Gasteiger partial charge in [0.05, 0.1) is 0 Å². The Morgan fingerprint density at radius 2 is 1.95 bits per heavy atom. The van der Waals surface area contributed by atoms with Crippen molar-refractivity contribution in [3.63, 3.8) is 0 Å². The summed E-state index contributed by atoms with van der Waals surface area (Å²) in [5, 5.41) is 2.05. The van der Waals surface area contributed by atoms with Crippen molar-refractivity contribution in [2.75, 3.05) is 5.73 Å². The molecule has 2 N–H and O–H groups in total. The van der Waals surface area contributed by atoms with E-state index in [9.17, 15) is 0 Å². The molecule has 1 heterocycles. The highest BCUT2D eigenvalue weighted by molar-refractivity contribution is 9.10. The molecule has 3 aromatic rings. The molecule has 0 aliphatic rings. The van der Waals surface area contributed by atoms with Crippen LogP contribution in [0.15, 0.2) is 53.1 Å². The number of rotatable bonds is 2. The molecule has 0 aliphatic carbocycles. The Morgan fingerprint density at radius 3 is 2.75 bits per heavy atom. The Labute approximate surface area is 125 Å². The lowest BCUT2D eigenvalue weighted by Crippen LogP contribution is -1.93. The van der Waals surface area contributed by atoms with Gasteiger partial charge in [0.1, 0.15) is 5.75 Å². The van der Waals surface area contributed by atoms with Gasteiger partial charge in [-0.15, -0.1) is 0 Å². The van der Waals surface area contributed by atoms with Crippen molar-refractivity contribution >= 4 is 32.4 Å². The number of nitrogen functional groups attached to an aromatic ring is 1. The maximum absolute atomic E-state index is 5.94. The third kappa shape index (κ3) is 2.34. The van der Waals surface area contributed by atoms with Crippen molar-refractivity contribution in [3.8, 4) is 11.6 Å². The van der Waals surface area contributed by atoms with Crippen LogP contribution in [0.4, 0.5) is 5.69 Å². The van der Waals surface area contributed by atoms with Gasteiger partial charge in [-0.05, 0) is 48.9 Å². The van der Waals surface area contributed by atoms with E-state index in [1.807, 2.05) is 49.4 Å². The van der Waals surface area contributed by atoms with Gasteiger partial charge in [-0.25, -0.2) is 4.98 Å². The maximum Gasteiger partial charge on any atom is 0.227 e. The van der Waals surface area contributed by atoms with Crippen molar-refractivity contribution < 1.29 is 4.74 Å². The smallest absolute Gasteiger partial charge is 0.227 e. The number of ether oxygens (including phenoxy) is 1. The molecule has 3 rings (SSSR count). The molecule has 0 radical (unpaired) electrons. The van der Waals surface area contributed by atoms with Crippen LogP contribution >= 0.6 is 15.9 Å². The van der Waals surface area contributed by atoms with E-state index in [0.717, 1.165) is 32.2 Å². The van der Waals surface area contributed by atoms with Crippen LogP contribution in [-0.4, -0.2) is 4.98 Å².